The molecule has 0 aliphatic carbocycles. The number of fused-ring (bicyclic) bond motifs is 2. The fourth-order valence-corrected chi connectivity index (χ4v) is 3.16. The molecule has 94 valence electrons. The van der Waals surface area contributed by atoms with Crippen molar-refractivity contribution in [2.45, 2.75) is 63.2 Å². The number of nitrogens with zero attached hydrogens (tertiary/aromatic N) is 2. The van der Waals surface area contributed by atoms with Crippen LogP contribution in [0.1, 0.15) is 39.5 Å². The molecule has 0 aromatic heterocycles. The minimum atomic E-state index is 0.266. The predicted molar refractivity (Wildman–Crippen MR) is 68.5 cm³/mol. The van der Waals surface area contributed by atoms with Crippen molar-refractivity contribution < 1.29 is 0 Å². The van der Waals surface area contributed by atoms with Crippen LogP contribution in [0.4, 0.5) is 0 Å². The van der Waals surface area contributed by atoms with Gasteiger partial charge in [-0.3, -0.25) is 4.90 Å². The number of nitrogens with two attached hydrogens (primary N) is 1. The molecule has 2 fully saturated rings. The molecule has 0 amide bonds. The highest BCUT2D eigenvalue weighted by atomic mass is 15.3. The van der Waals surface area contributed by atoms with Gasteiger partial charge in [-0.2, -0.15) is 0 Å². The van der Waals surface area contributed by atoms with Crippen LogP contribution in [0.25, 0.3) is 0 Å². The summed E-state index contributed by atoms with van der Waals surface area (Å²) in [5.74, 6) is 0. The van der Waals surface area contributed by atoms with Gasteiger partial charge in [0.25, 0.3) is 0 Å². The minimum absolute atomic E-state index is 0.266. The average molecular weight is 225 g/mol. The van der Waals surface area contributed by atoms with Crippen LogP contribution in [0.3, 0.4) is 0 Å². The first-order chi connectivity index (χ1) is 7.40. The Labute approximate surface area is 100.0 Å². The summed E-state index contributed by atoms with van der Waals surface area (Å²) in [6, 6.07) is 1.97. The SMILES string of the molecule is CN(C)C(C)(C)CN1C2CCC1CC(N)C2. The Hall–Kier alpha value is -0.120. The molecule has 0 saturated carbocycles. The lowest BCUT2D eigenvalue weighted by molar-refractivity contribution is 0.0575. The third kappa shape index (κ3) is 2.27. The second-order valence-electron chi connectivity index (χ2n) is 6.50. The summed E-state index contributed by atoms with van der Waals surface area (Å²) in [5, 5.41) is 0. The molecule has 2 saturated heterocycles. The van der Waals surface area contributed by atoms with E-state index in [1.165, 1.54) is 32.2 Å². The molecule has 2 aliphatic heterocycles. The quantitative estimate of drug-likeness (QED) is 0.785. The number of hydrogen-bond donors (Lipinski definition) is 1. The number of piperidine rings is 1. The van der Waals surface area contributed by atoms with Gasteiger partial charge in [-0.25, -0.2) is 0 Å². The van der Waals surface area contributed by atoms with Crippen LogP contribution in [0.2, 0.25) is 0 Å². The number of rotatable bonds is 3. The molecular weight excluding hydrogens is 198 g/mol. The summed E-state index contributed by atoms with van der Waals surface area (Å²) in [7, 11) is 4.36. The van der Waals surface area contributed by atoms with Gasteiger partial charge in [0, 0.05) is 30.2 Å². The van der Waals surface area contributed by atoms with E-state index in [1.54, 1.807) is 0 Å². The molecule has 0 aromatic carbocycles. The van der Waals surface area contributed by atoms with Crippen LogP contribution >= 0.6 is 0 Å². The maximum atomic E-state index is 6.10. The van der Waals surface area contributed by atoms with Crippen LogP contribution in [0, 0.1) is 0 Å². The van der Waals surface area contributed by atoms with Crippen LogP contribution in [-0.2, 0) is 0 Å². The average Bonchev–Trinajstić information content (AvgIpc) is 2.43. The number of hydrogen-bond acceptors (Lipinski definition) is 3. The van der Waals surface area contributed by atoms with Crippen molar-refractivity contribution in [3.8, 4) is 0 Å². The van der Waals surface area contributed by atoms with E-state index in [0.29, 0.717) is 6.04 Å². The minimum Gasteiger partial charge on any atom is -0.328 e. The van der Waals surface area contributed by atoms with Gasteiger partial charge in [0.1, 0.15) is 0 Å². The van der Waals surface area contributed by atoms with Crippen molar-refractivity contribution >= 4 is 0 Å². The van der Waals surface area contributed by atoms with Gasteiger partial charge in [-0.05, 0) is 53.6 Å². The van der Waals surface area contributed by atoms with Gasteiger partial charge >= 0.3 is 0 Å². The molecule has 2 bridgehead atoms. The molecule has 3 heteroatoms. The second-order valence-corrected chi connectivity index (χ2v) is 6.50. The Morgan fingerprint density at radius 2 is 1.69 bits per heavy atom. The molecule has 0 spiro atoms. The Balaban J connectivity index is 2.01. The van der Waals surface area contributed by atoms with E-state index >= 15 is 0 Å². The summed E-state index contributed by atoms with van der Waals surface area (Å²) < 4.78 is 0. The summed E-state index contributed by atoms with van der Waals surface area (Å²) >= 11 is 0. The van der Waals surface area contributed by atoms with Crippen molar-refractivity contribution in [3.05, 3.63) is 0 Å². The highest BCUT2D eigenvalue weighted by molar-refractivity contribution is 4.99. The van der Waals surface area contributed by atoms with Gasteiger partial charge in [0.2, 0.25) is 0 Å². The largest absolute Gasteiger partial charge is 0.328 e. The van der Waals surface area contributed by atoms with Gasteiger partial charge < -0.3 is 10.6 Å². The van der Waals surface area contributed by atoms with Crippen molar-refractivity contribution in [3.63, 3.8) is 0 Å². The standard InChI is InChI=1S/C13H27N3/c1-13(2,15(3)4)9-16-11-5-6-12(16)8-10(14)7-11/h10-12H,5-9,14H2,1-4H3. The molecule has 0 radical (unpaired) electrons. The van der Waals surface area contributed by atoms with Crippen LogP contribution < -0.4 is 5.73 Å². The van der Waals surface area contributed by atoms with Crippen LogP contribution in [0.5, 0.6) is 0 Å². The highest BCUT2D eigenvalue weighted by Crippen LogP contribution is 2.36. The Bertz CT molecular complexity index is 236. The normalized spacial score (nSPS) is 36.0. The zero-order valence-corrected chi connectivity index (χ0v) is 11.2. The Morgan fingerprint density at radius 3 is 2.12 bits per heavy atom. The summed E-state index contributed by atoms with van der Waals surface area (Å²) in [6.45, 7) is 5.85. The van der Waals surface area contributed by atoms with Crippen LogP contribution in [-0.4, -0.2) is 54.1 Å². The lowest BCUT2D eigenvalue weighted by atomic mass is 9.94. The molecule has 2 rings (SSSR count). The monoisotopic (exact) mass is 225 g/mol. The van der Waals surface area contributed by atoms with Gasteiger partial charge in [-0.1, -0.05) is 0 Å². The zero-order valence-electron chi connectivity index (χ0n) is 11.2. The van der Waals surface area contributed by atoms with Crippen molar-refractivity contribution in [1.82, 2.24) is 9.80 Å². The molecule has 2 N–H and O–H groups in total. The van der Waals surface area contributed by atoms with Gasteiger partial charge in [0.05, 0.1) is 0 Å². The molecule has 2 unspecified atom stereocenters. The van der Waals surface area contributed by atoms with E-state index in [2.05, 4.69) is 37.7 Å². The van der Waals surface area contributed by atoms with Crippen LogP contribution in [0.15, 0.2) is 0 Å². The molecule has 2 aliphatic rings. The van der Waals surface area contributed by atoms with E-state index in [9.17, 15) is 0 Å². The Kier molecular flexibility index (Phi) is 3.30. The second kappa shape index (κ2) is 4.28. The van der Waals surface area contributed by atoms with Crippen molar-refractivity contribution in [2.75, 3.05) is 20.6 Å². The topological polar surface area (TPSA) is 32.5 Å². The molecule has 16 heavy (non-hydrogen) atoms. The summed E-state index contributed by atoms with van der Waals surface area (Å²) in [6.07, 6.45) is 5.14. The maximum absolute atomic E-state index is 6.10. The lowest BCUT2D eigenvalue weighted by Crippen LogP contribution is -2.55. The molecule has 3 nitrogen and oxygen atoms in total. The molecule has 0 aromatic rings. The van der Waals surface area contributed by atoms with Gasteiger partial charge in [-0.15, -0.1) is 0 Å². The highest BCUT2D eigenvalue weighted by Gasteiger charge is 2.41. The predicted octanol–water partition coefficient (Wildman–Crippen LogP) is 1.28. The fourth-order valence-electron chi connectivity index (χ4n) is 3.16. The summed E-state index contributed by atoms with van der Waals surface area (Å²) in [4.78, 5) is 5.06. The van der Waals surface area contributed by atoms with E-state index in [4.69, 9.17) is 5.73 Å². The lowest BCUT2D eigenvalue weighted by Gasteiger charge is -2.44. The Morgan fingerprint density at radius 1 is 1.19 bits per heavy atom. The van der Waals surface area contributed by atoms with Gasteiger partial charge in [0.15, 0.2) is 0 Å². The zero-order chi connectivity index (χ0) is 11.9. The third-order valence-electron chi connectivity index (χ3n) is 4.70. The third-order valence-corrected chi connectivity index (χ3v) is 4.70. The van der Waals surface area contributed by atoms with E-state index in [0.717, 1.165) is 12.1 Å². The molecular formula is C13H27N3. The summed E-state index contributed by atoms with van der Waals surface area (Å²) in [5.41, 5.74) is 6.37. The van der Waals surface area contributed by atoms with E-state index in [1.807, 2.05) is 0 Å². The van der Waals surface area contributed by atoms with E-state index < -0.39 is 0 Å². The van der Waals surface area contributed by atoms with Crippen molar-refractivity contribution in [2.24, 2.45) is 5.73 Å². The fraction of sp³-hybridized carbons (Fsp3) is 1.00. The van der Waals surface area contributed by atoms with Crippen molar-refractivity contribution in [1.29, 1.82) is 0 Å². The first-order valence-corrected chi connectivity index (χ1v) is 6.59. The first kappa shape index (κ1) is 12.3. The molecule has 2 heterocycles. The van der Waals surface area contributed by atoms with E-state index in [-0.39, 0.29) is 5.54 Å². The molecule has 2 atom stereocenters. The smallest absolute Gasteiger partial charge is 0.0274 e. The number of likely N-dealkylation sites (N-methyl/N-ethyl adjacent to an activating group) is 1. The first-order valence-electron chi connectivity index (χ1n) is 6.59. The maximum Gasteiger partial charge on any atom is 0.0274 e.